The Morgan fingerprint density at radius 1 is 1.12 bits per heavy atom. The molecule has 140 valence electrons. The maximum Gasteiger partial charge on any atom is 0.317 e. The van der Waals surface area contributed by atoms with Crippen molar-refractivity contribution in [3.63, 3.8) is 0 Å². The molecule has 1 N–H and O–H groups in total. The van der Waals surface area contributed by atoms with Crippen LogP contribution in [0.2, 0.25) is 5.02 Å². The minimum Gasteiger partial charge on any atom is -0.480 e. The predicted molar refractivity (Wildman–Crippen MR) is 106 cm³/mol. The van der Waals surface area contributed by atoms with Gasteiger partial charge in [0, 0.05) is 18.1 Å². The number of likely N-dealkylation sites (tertiary alicyclic amines) is 1. The number of rotatable bonds is 6. The van der Waals surface area contributed by atoms with Crippen molar-refractivity contribution in [2.45, 2.75) is 25.6 Å². The number of nitrogens with zero attached hydrogens (tertiary/aromatic N) is 1. The summed E-state index contributed by atoms with van der Waals surface area (Å²) in [6, 6.07) is 16.1. The lowest BCUT2D eigenvalue weighted by atomic mass is 10.00. The monoisotopic (exact) mass is 395 g/mol. The van der Waals surface area contributed by atoms with Crippen LogP contribution >= 0.6 is 24.0 Å². The maximum atomic E-state index is 10.8. The summed E-state index contributed by atoms with van der Waals surface area (Å²) >= 11 is 5.98. The van der Waals surface area contributed by atoms with Crippen LogP contribution in [0.3, 0.4) is 0 Å². The number of carboxylic acid groups (broad SMARTS) is 1. The number of aliphatic carboxylic acids is 1. The van der Waals surface area contributed by atoms with E-state index in [1.54, 1.807) is 0 Å². The van der Waals surface area contributed by atoms with Crippen LogP contribution in [0.4, 0.5) is 0 Å². The summed E-state index contributed by atoms with van der Waals surface area (Å²) < 4.78 is 6.11. The molecule has 0 aromatic heterocycles. The molecule has 0 spiro atoms. The minimum absolute atomic E-state index is 0. The Balaban J connectivity index is 0.00000243. The first kappa shape index (κ1) is 20.7. The van der Waals surface area contributed by atoms with Gasteiger partial charge < -0.3 is 9.84 Å². The van der Waals surface area contributed by atoms with Gasteiger partial charge in [-0.25, -0.2) is 0 Å². The van der Waals surface area contributed by atoms with E-state index in [0.717, 1.165) is 47.6 Å². The second kappa shape index (κ2) is 9.93. The number of halogens is 2. The highest BCUT2D eigenvalue weighted by molar-refractivity contribution is 6.30. The molecule has 4 nitrogen and oxygen atoms in total. The van der Waals surface area contributed by atoms with E-state index in [0.29, 0.717) is 6.61 Å². The first-order valence-corrected chi connectivity index (χ1v) is 8.89. The largest absolute Gasteiger partial charge is 0.480 e. The summed E-state index contributed by atoms with van der Waals surface area (Å²) in [5.41, 5.74) is 3.43. The van der Waals surface area contributed by atoms with Crippen molar-refractivity contribution in [3.8, 4) is 11.1 Å². The van der Waals surface area contributed by atoms with E-state index >= 15 is 0 Å². The molecule has 2 aromatic rings. The van der Waals surface area contributed by atoms with Crippen LogP contribution in [0.5, 0.6) is 0 Å². The number of hydrogen-bond acceptors (Lipinski definition) is 3. The quantitative estimate of drug-likeness (QED) is 0.782. The number of benzene rings is 2. The topological polar surface area (TPSA) is 49.8 Å². The molecule has 1 saturated heterocycles. The van der Waals surface area contributed by atoms with Gasteiger partial charge in [0.2, 0.25) is 0 Å². The van der Waals surface area contributed by atoms with Gasteiger partial charge in [0.25, 0.3) is 0 Å². The summed E-state index contributed by atoms with van der Waals surface area (Å²) in [5.74, 6) is -0.767. The fourth-order valence-electron chi connectivity index (χ4n) is 3.19. The van der Waals surface area contributed by atoms with Gasteiger partial charge in [0.05, 0.1) is 19.3 Å². The standard InChI is InChI=1S/C20H22ClNO3.ClH/c21-17-7-5-15(6-8-17)19-4-2-1-3-16(19)14-25-18-9-11-22(12-10-18)13-20(23)24;/h1-8,18H,9-14H2,(H,23,24);1H. The zero-order chi connectivity index (χ0) is 17.6. The average Bonchev–Trinajstić information content (AvgIpc) is 2.62. The van der Waals surface area contributed by atoms with Crippen LogP contribution in [0.15, 0.2) is 48.5 Å². The predicted octanol–water partition coefficient (Wildman–Crippen LogP) is 4.49. The number of hydrogen-bond donors (Lipinski definition) is 1. The van der Waals surface area contributed by atoms with Gasteiger partial charge in [-0.2, -0.15) is 0 Å². The van der Waals surface area contributed by atoms with Crippen LogP contribution in [0, 0.1) is 0 Å². The van der Waals surface area contributed by atoms with E-state index in [9.17, 15) is 4.79 Å². The molecule has 0 radical (unpaired) electrons. The minimum atomic E-state index is -0.767. The number of carboxylic acids is 1. The van der Waals surface area contributed by atoms with E-state index in [4.69, 9.17) is 21.4 Å². The Kier molecular flexibility index (Phi) is 7.91. The molecule has 26 heavy (non-hydrogen) atoms. The molecule has 2 aromatic carbocycles. The summed E-state index contributed by atoms with van der Waals surface area (Å²) in [6.07, 6.45) is 1.93. The highest BCUT2D eigenvalue weighted by atomic mass is 35.5. The Hall–Kier alpha value is -1.59. The van der Waals surface area contributed by atoms with Gasteiger partial charge in [-0.05, 0) is 41.7 Å². The van der Waals surface area contributed by atoms with Crippen molar-refractivity contribution in [2.75, 3.05) is 19.6 Å². The highest BCUT2D eigenvalue weighted by Crippen LogP contribution is 2.26. The molecule has 6 heteroatoms. The Bertz CT molecular complexity index is 713. The summed E-state index contributed by atoms with van der Waals surface area (Å²) in [6.45, 7) is 2.22. The van der Waals surface area contributed by atoms with E-state index < -0.39 is 5.97 Å². The maximum absolute atomic E-state index is 10.8. The fourth-order valence-corrected chi connectivity index (χ4v) is 3.32. The number of ether oxygens (including phenoxy) is 1. The van der Waals surface area contributed by atoms with Crippen molar-refractivity contribution in [1.82, 2.24) is 4.90 Å². The van der Waals surface area contributed by atoms with Gasteiger partial charge in [-0.15, -0.1) is 12.4 Å². The number of carbonyl (C=O) groups is 1. The summed E-state index contributed by atoms with van der Waals surface area (Å²) in [7, 11) is 0. The van der Waals surface area contributed by atoms with Crippen LogP contribution in [-0.2, 0) is 16.1 Å². The van der Waals surface area contributed by atoms with Crippen molar-refractivity contribution in [2.24, 2.45) is 0 Å². The fraction of sp³-hybridized carbons (Fsp3) is 0.350. The third-order valence-corrected chi connectivity index (χ3v) is 4.79. The molecule has 1 fully saturated rings. The average molecular weight is 396 g/mol. The Morgan fingerprint density at radius 3 is 2.42 bits per heavy atom. The Morgan fingerprint density at radius 2 is 1.77 bits per heavy atom. The second-order valence-corrected chi connectivity index (χ2v) is 6.78. The number of piperidine rings is 1. The van der Waals surface area contributed by atoms with E-state index in [1.807, 2.05) is 41.3 Å². The molecule has 0 saturated carbocycles. The van der Waals surface area contributed by atoms with Gasteiger partial charge >= 0.3 is 5.97 Å². The molecule has 1 aliphatic heterocycles. The second-order valence-electron chi connectivity index (χ2n) is 6.34. The van der Waals surface area contributed by atoms with Crippen LogP contribution in [0.1, 0.15) is 18.4 Å². The molecule has 1 aliphatic rings. The van der Waals surface area contributed by atoms with Gasteiger partial charge in [0.1, 0.15) is 0 Å². The van der Waals surface area contributed by atoms with Crippen molar-refractivity contribution in [1.29, 1.82) is 0 Å². The van der Waals surface area contributed by atoms with E-state index in [2.05, 4.69) is 12.1 Å². The molecular formula is C20H23Cl2NO3. The Labute approximate surface area is 165 Å². The zero-order valence-electron chi connectivity index (χ0n) is 14.4. The van der Waals surface area contributed by atoms with Crippen LogP contribution in [0.25, 0.3) is 11.1 Å². The molecule has 0 atom stereocenters. The molecule has 0 amide bonds. The molecule has 0 aliphatic carbocycles. The first-order chi connectivity index (χ1) is 12.1. The first-order valence-electron chi connectivity index (χ1n) is 8.51. The van der Waals surface area contributed by atoms with E-state index in [1.165, 1.54) is 0 Å². The highest BCUT2D eigenvalue weighted by Gasteiger charge is 2.21. The normalized spacial score (nSPS) is 15.4. The van der Waals surface area contributed by atoms with Crippen LogP contribution in [-0.4, -0.2) is 41.7 Å². The third kappa shape index (κ3) is 5.71. The molecule has 1 heterocycles. The molecule has 0 unspecified atom stereocenters. The SMILES string of the molecule is Cl.O=C(O)CN1CCC(OCc2ccccc2-c2ccc(Cl)cc2)CC1. The van der Waals surface area contributed by atoms with E-state index in [-0.39, 0.29) is 25.1 Å². The van der Waals surface area contributed by atoms with Crippen molar-refractivity contribution >= 4 is 30.0 Å². The third-order valence-electron chi connectivity index (χ3n) is 4.54. The van der Waals surface area contributed by atoms with Crippen molar-refractivity contribution < 1.29 is 14.6 Å². The smallest absolute Gasteiger partial charge is 0.317 e. The summed E-state index contributed by atoms with van der Waals surface area (Å²) in [5, 5.41) is 9.59. The van der Waals surface area contributed by atoms with Gasteiger partial charge in [-0.3, -0.25) is 9.69 Å². The molecule has 3 rings (SSSR count). The zero-order valence-corrected chi connectivity index (χ0v) is 16.0. The van der Waals surface area contributed by atoms with Gasteiger partial charge in [-0.1, -0.05) is 48.0 Å². The van der Waals surface area contributed by atoms with Crippen molar-refractivity contribution in [3.05, 3.63) is 59.1 Å². The lowest BCUT2D eigenvalue weighted by Gasteiger charge is -2.30. The lowest BCUT2D eigenvalue weighted by molar-refractivity contribution is -0.139. The lowest BCUT2D eigenvalue weighted by Crippen LogP contribution is -2.39. The van der Waals surface area contributed by atoms with Crippen LogP contribution < -0.4 is 0 Å². The molecule has 0 bridgehead atoms. The molecular weight excluding hydrogens is 373 g/mol. The van der Waals surface area contributed by atoms with Gasteiger partial charge in [0.15, 0.2) is 0 Å². The summed E-state index contributed by atoms with van der Waals surface area (Å²) in [4.78, 5) is 12.7.